The Morgan fingerprint density at radius 2 is 1.44 bits per heavy atom. The average Bonchev–Trinajstić information content (AvgIpc) is 2.95. The van der Waals surface area contributed by atoms with E-state index in [9.17, 15) is 35.9 Å². The molecule has 1 aromatic heterocycles. The van der Waals surface area contributed by atoms with Crippen LogP contribution in [0.4, 0.5) is 32.0 Å². The van der Waals surface area contributed by atoms with Crippen LogP contribution in [0.2, 0.25) is 5.02 Å². The highest BCUT2D eigenvalue weighted by Gasteiger charge is 2.73. The van der Waals surface area contributed by atoms with Gasteiger partial charge in [0.2, 0.25) is 0 Å². The molecule has 6 nitrogen and oxygen atoms in total. The minimum absolute atomic E-state index is 0.119. The summed E-state index contributed by atoms with van der Waals surface area (Å²) in [6.07, 6.45) is -12.2. The van der Waals surface area contributed by atoms with Gasteiger partial charge in [-0.05, 0) is 43.3 Å². The lowest BCUT2D eigenvalue weighted by atomic mass is 10.1. The topological polar surface area (TPSA) is 68.1 Å². The molecule has 0 saturated heterocycles. The first-order valence-corrected chi connectivity index (χ1v) is 9.91. The molecule has 3 aromatic rings. The highest BCUT2D eigenvalue weighted by molar-refractivity contribution is 6.30. The molecule has 0 spiro atoms. The summed E-state index contributed by atoms with van der Waals surface area (Å²) in [6, 6.07) is 11.8. The maximum absolute atomic E-state index is 14.1. The second-order valence-electron chi connectivity index (χ2n) is 7.27. The summed E-state index contributed by atoms with van der Waals surface area (Å²) >= 11 is 5.66. The molecular weight excluding hydrogens is 490 g/mol. The zero-order valence-corrected chi connectivity index (χ0v) is 18.3. The van der Waals surface area contributed by atoms with Crippen molar-refractivity contribution in [1.82, 2.24) is 14.7 Å². The number of hydrogen-bond donors (Lipinski definition) is 2. The fourth-order valence-electron chi connectivity index (χ4n) is 3.22. The number of carbonyl (C=O) groups excluding carboxylic acids is 1. The van der Waals surface area contributed by atoms with E-state index in [1.807, 2.05) is 0 Å². The molecule has 34 heavy (non-hydrogen) atoms. The number of rotatable bonds is 5. The van der Waals surface area contributed by atoms with Crippen LogP contribution in [0, 0.1) is 6.92 Å². The van der Waals surface area contributed by atoms with Crippen LogP contribution in [0.25, 0.3) is 5.69 Å². The fraction of sp³-hybridized carbons (Fsp3) is 0.238. The van der Waals surface area contributed by atoms with E-state index >= 15 is 0 Å². The van der Waals surface area contributed by atoms with Crippen molar-refractivity contribution in [2.24, 2.45) is 7.05 Å². The first-order chi connectivity index (χ1) is 15.7. The molecule has 0 saturated carbocycles. The number of halogens is 7. The molecule has 0 aliphatic heterocycles. The Bertz CT molecular complexity index is 1230. The van der Waals surface area contributed by atoms with Gasteiger partial charge in [0.15, 0.2) is 0 Å². The van der Waals surface area contributed by atoms with E-state index < -0.39 is 40.7 Å². The monoisotopic (exact) mass is 506 g/mol. The van der Waals surface area contributed by atoms with E-state index in [2.05, 4.69) is 0 Å². The highest BCUT2D eigenvalue weighted by Crippen LogP contribution is 2.43. The summed E-state index contributed by atoms with van der Waals surface area (Å²) in [7, 11) is 1.30. The third kappa shape index (κ3) is 4.37. The van der Waals surface area contributed by atoms with Gasteiger partial charge < -0.3 is 10.6 Å². The van der Waals surface area contributed by atoms with Crippen LogP contribution in [-0.2, 0) is 7.05 Å². The lowest BCUT2D eigenvalue weighted by Crippen LogP contribution is -2.72. The van der Waals surface area contributed by atoms with Crippen molar-refractivity contribution in [3.63, 3.8) is 0 Å². The Kier molecular flexibility index (Phi) is 6.49. The number of alkyl halides is 6. The van der Waals surface area contributed by atoms with Gasteiger partial charge in [-0.2, -0.15) is 26.3 Å². The Morgan fingerprint density at radius 1 is 0.912 bits per heavy atom. The second-order valence-corrected chi connectivity index (χ2v) is 7.70. The molecule has 182 valence electrons. The number of nitrogens with one attached hydrogen (secondary N) is 2. The van der Waals surface area contributed by atoms with Crippen LogP contribution in [0.1, 0.15) is 16.1 Å². The van der Waals surface area contributed by atoms with Crippen molar-refractivity contribution in [2.75, 3.05) is 5.32 Å². The molecule has 0 aliphatic carbocycles. The van der Waals surface area contributed by atoms with Gasteiger partial charge in [0.25, 0.3) is 11.5 Å². The molecule has 0 atom stereocenters. The Labute approximate surface area is 193 Å². The number of carbonyl (C=O) groups is 1. The lowest BCUT2D eigenvalue weighted by Gasteiger charge is -2.38. The quantitative estimate of drug-likeness (QED) is 0.386. The smallest absolute Gasteiger partial charge is 0.342 e. The predicted molar refractivity (Wildman–Crippen MR) is 113 cm³/mol. The van der Waals surface area contributed by atoms with Crippen LogP contribution in [0.5, 0.6) is 0 Å². The largest absolute Gasteiger partial charge is 0.439 e. The average molecular weight is 507 g/mol. The van der Waals surface area contributed by atoms with E-state index in [-0.39, 0.29) is 16.4 Å². The van der Waals surface area contributed by atoms with Crippen molar-refractivity contribution in [3.8, 4) is 5.69 Å². The number of nitrogens with zero attached hydrogens (tertiary/aromatic N) is 2. The molecule has 1 amide bonds. The summed E-state index contributed by atoms with van der Waals surface area (Å²) in [5, 5.41) is 2.43. The van der Waals surface area contributed by atoms with Gasteiger partial charge in [-0.1, -0.05) is 29.8 Å². The minimum Gasteiger partial charge on any atom is -0.342 e. The fourth-order valence-corrected chi connectivity index (χ4v) is 3.34. The van der Waals surface area contributed by atoms with E-state index in [4.69, 9.17) is 11.6 Å². The van der Waals surface area contributed by atoms with Crippen molar-refractivity contribution >= 4 is 23.2 Å². The molecule has 0 aliphatic rings. The van der Waals surface area contributed by atoms with Crippen LogP contribution < -0.4 is 16.2 Å². The van der Waals surface area contributed by atoms with Crippen LogP contribution in [0.15, 0.2) is 59.4 Å². The SMILES string of the molecule is Cc1c(NC(NC(=O)c2ccc(Cl)cc2)(C(F)(F)F)C(F)(F)F)c(=O)n(-c2ccccc2)n1C. The zero-order chi connectivity index (χ0) is 25.5. The molecule has 0 radical (unpaired) electrons. The lowest BCUT2D eigenvalue weighted by molar-refractivity contribution is -0.294. The van der Waals surface area contributed by atoms with Gasteiger partial charge >= 0.3 is 18.0 Å². The van der Waals surface area contributed by atoms with Crippen LogP contribution in [0.3, 0.4) is 0 Å². The Morgan fingerprint density at radius 3 is 1.94 bits per heavy atom. The van der Waals surface area contributed by atoms with E-state index in [0.29, 0.717) is 0 Å². The second kappa shape index (κ2) is 8.75. The maximum atomic E-state index is 14.1. The van der Waals surface area contributed by atoms with Crippen LogP contribution in [-0.4, -0.2) is 33.3 Å². The summed E-state index contributed by atoms with van der Waals surface area (Å²) in [6.45, 7) is 1.17. The van der Waals surface area contributed by atoms with Crippen LogP contribution >= 0.6 is 11.6 Å². The van der Waals surface area contributed by atoms with Gasteiger partial charge in [0, 0.05) is 17.6 Å². The van der Waals surface area contributed by atoms with Gasteiger partial charge in [-0.25, -0.2) is 4.68 Å². The standard InChI is InChI=1S/C21H17ClF6N4O2/c1-12-16(18(34)32(31(12)2)15-6-4-3-5-7-15)29-19(20(23,24)25,21(26,27)28)30-17(33)13-8-10-14(22)11-9-13/h3-11,29H,1-2H3,(H,30,33). The van der Waals surface area contributed by atoms with E-state index in [1.165, 1.54) is 31.4 Å². The van der Waals surface area contributed by atoms with E-state index in [0.717, 1.165) is 38.9 Å². The number of benzene rings is 2. The third-order valence-corrected chi connectivity index (χ3v) is 5.38. The van der Waals surface area contributed by atoms with Gasteiger partial charge in [0.1, 0.15) is 5.69 Å². The zero-order valence-electron chi connectivity index (χ0n) is 17.6. The summed E-state index contributed by atoms with van der Waals surface area (Å²) in [5.74, 6) is -1.68. The molecule has 0 unspecified atom stereocenters. The predicted octanol–water partition coefficient (Wildman–Crippen LogP) is 4.80. The Balaban J connectivity index is 2.17. The first kappa shape index (κ1) is 25.2. The van der Waals surface area contributed by atoms with Gasteiger partial charge in [0.05, 0.1) is 11.4 Å². The summed E-state index contributed by atoms with van der Waals surface area (Å²) < 4.78 is 86.3. The normalized spacial score (nSPS) is 12.5. The molecule has 0 bridgehead atoms. The van der Waals surface area contributed by atoms with Crippen molar-refractivity contribution < 1.29 is 31.1 Å². The Hall–Kier alpha value is -3.41. The molecule has 1 heterocycles. The molecule has 2 N–H and O–H groups in total. The number of anilines is 1. The molecule has 3 rings (SSSR count). The first-order valence-electron chi connectivity index (χ1n) is 9.53. The minimum atomic E-state index is -6.10. The highest BCUT2D eigenvalue weighted by atomic mass is 35.5. The third-order valence-electron chi connectivity index (χ3n) is 5.12. The summed E-state index contributed by atoms with van der Waals surface area (Å²) in [4.78, 5) is 25.4. The van der Waals surface area contributed by atoms with E-state index in [1.54, 1.807) is 18.2 Å². The maximum Gasteiger partial charge on any atom is 0.439 e. The number of amides is 1. The number of para-hydroxylation sites is 1. The van der Waals surface area contributed by atoms with Crippen molar-refractivity contribution in [3.05, 3.63) is 81.2 Å². The van der Waals surface area contributed by atoms with Crippen molar-refractivity contribution in [2.45, 2.75) is 24.9 Å². The van der Waals surface area contributed by atoms with Gasteiger partial charge in [-0.15, -0.1) is 0 Å². The van der Waals surface area contributed by atoms with Gasteiger partial charge in [-0.3, -0.25) is 14.3 Å². The number of hydrogen-bond acceptors (Lipinski definition) is 3. The number of aromatic nitrogens is 2. The van der Waals surface area contributed by atoms with Crippen molar-refractivity contribution in [1.29, 1.82) is 0 Å². The molecule has 2 aromatic carbocycles. The molecule has 0 fully saturated rings. The summed E-state index contributed by atoms with van der Waals surface area (Å²) in [5.41, 5.74) is -7.66. The molecular formula is C21H17ClF6N4O2. The molecule has 13 heteroatoms.